The van der Waals surface area contributed by atoms with Crippen molar-refractivity contribution in [2.45, 2.75) is 19.4 Å². The molecule has 26 heavy (non-hydrogen) atoms. The highest BCUT2D eigenvalue weighted by molar-refractivity contribution is 6.44. The predicted octanol–water partition coefficient (Wildman–Crippen LogP) is 4.71. The number of fused-ring (bicyclic) bond motifs is 1. The fourth-order valence-electron chi connectivity index (χ4n) is 2.38. The third kappa shape index (κ3) is 3.66. The summed E-state index contributed by atoms with van der Waals surface area (Å²) in [5, 5.41) is 3.16. The van der Waals surface area contributed by atoms with Crippen LogP contribution in [-0.4, -0.2) is 23.0 Å². The monoisotopic (exact) mass is 392 g/mol. The van der Waals surface area contributed by atoms with Crippen LogP contribution in [0.2, 0.25) is 10.0 Å². The molecule has 1 heterocycles. The average molecular weight is 393 g/mol. The van der Waals surface area contributed by atoms with Crippen LogP contribution >= 0.6 is 23.2 Å². The second kappa shape index (κ2) is 7.76. The van der Waals surface area contributed by atoms with Crippen LogP contribution in [0.15, 0.2) is 47.2 Å². The molecule has 2 aromatic carbocycles. The third-order valence-electron chi connectivity index (χ3n) is 3.70. The maximum absolute atomic E-state index is 12.5. The Morgan fingerprint density at radius 3 is 2.77 bits per heavy atom. The predicted molar refractivity (Wildman–Crippen MR) is 98.6 cm³/mol. The zero-order valence-electron chi connectivity index (χ0n) is 13.7. The quantitative estimate of drug-likeness (QED) is 0.635. The lowest BCUT2D eigenvalue weighted by molar-refractivity contribution is -0.124. The van der Waals surface area contributed by atoms with Gasteiger partial charge in [-0.25, -0.2) is 9.78 Å². The average Bonchev–Trinajstić information content (AvgIpc) is 3.11. The van der Waals surface area contributed by atoms with Crippen LogP contribution in [0.3, 0.4) is 0 Å². The number of esters is 1. The van der Waals surface area contributed by atoms with Gasteiger partial charge in [0.05, 0.1) is 21.3 Å². The van der Waals surface area contributed by atoms with E-state index in [4.69, 9.17) is 32.4 Å². The van der Waals surface area contributed by atoms with Crippen molar-refractivity contribution in [3.8, 4) is 0 Å². The smallest absolute Gasteiger partial charge is 0.341 e. The number of hydrogen-bond donors (Lipinski definition) is 1. The maximum atomic E-state index is 12.5. The van der Waals surface area contributed by atoms with Crippen LogP contribution in [0.5, 0.6) is 0 Å². The summed E-state index contributed by atoms with van der Waals surface area (Å²) in [5.41, 5.74) is 1.41. The summed E-state index contributed by atoms with van der Waals surface area (Å²) < 4.78 is 10.5. The van der Waals surface area contributed by atoms with Gasteiger partial charge in [-0.1, -0.05) is 42.3 Å². The van der Waals surface area contributed by atoms with Crippen molar-refractivity contribution in [2.24, 2.45) is 0 Å². The van der Waals surface area contributed by atoms with Crippen molar-refractivity contribution in [1.82, 2.24) is 4.98 Å². The summed E-state index contributed by atoms with van der Waals surface area (Å²) in [6.07, 6.45) is 0.525. The molecule has 0 saturated heterocycles. The van der Waals surface area contributed by atoms with Gasteiger partial charge in [0.25, 0.3) is 5.91 Å². The number of halogens is 2. The molecule has 0 aliphatic carbocycles. The topological polar surface area (TPSA) is 81.4 Å². The van der Waals surface area contributed by atoms with Gasteiger partial charge in [-0.05, 0) is 30.7 Å². The number of para-hydroxylation sites is 1. The maximum Gasteiger partial charge on any atom is 0.341 e. The lowest BCUT2D eigenvalue weighted by Gasteiger charge is -2.17. The summed E-state index contributed by atoms with van der Waals surface area (Å²) in [7, 11) is 0. The van der Waals surface area contributed by atoms with Crippen molar-refractivity contribution in [3.63, 3.8) is 0 Å². The zero-order valence-corrected chi connectivity index (χ0v) is 15.2. The lowest BCUT2D eigenvalue weighted by Crippen LogP contribution is -2.32. The Hall–Kier alpha value is -2.57. The Kier molecular flexibility index (Phi) is 5.44. The molecule has 1 unspecified atom stereocenters. The second-order valence-corrected chi connectivity index (χ2v) is 6.18. The van der Waals surface area contributed by atoms with Gasteiger partial charge in [0.2, 0.25) is 0 Å². The Morgan fingerprint density at radius 1 is 1.23 bits per heavy atom. The van der Waals surface area contributed by atoms with Crippen LogP contribution in [0.4, 0.5) is 5.69 Å². The van der Waals surface area contributed by atoms with E-state index in [1.54, 1.807) is 43.3 Å². The number of rotatable bonds is 5. The molecular formula is C18H14Cl2N2O4. The van der Waals surface area contributed by atoms with E-state index >= 15 is 0 Å². The molecule has 0 bridgehead atoms. The molecule has 134 valence electrons. The summed E-state index contributed by atoms with van der Waals surface area (Å²) in [4.78, 5) is 28.9. The Balaban J connectivity index is 1.76. The first kappa shape index (κ1) is 18.2. The molecule has 1 aromatic heterocycles. The van der Waals surface area contributed by atoms with Gasteiger partial charge in [0.1, 0.15) is 5.52 Å². The van der Waals surface area contributed by atoms with Crippen molar-refractivity contribution >= 4 is 51.9 Å². The molecule has 1 amide bonds. The molecule has 3 rings (SSSR count). The van der Waals surface area contributed by atoms with Gasteiger partial charge in [0, 0.05) is 0 Å². The standard InChI is InChI=1S/C18H14Cl2N2O4/c1-2-13(17(23)22-12-7-4-6-11(19)15(12)20)26-18(24)10-5-3-8-14-16(10)21-9-25-14/h3-9,13H,2H2,1H3,(H,22,23). The van der Waals surface area contributed by atoms with Gasteiger partial charge in [-0.2, -0.15) is 0 Å². The molecule has 1 atom stereocenters. The second-order valence-electron chi connectivity index (χ2n) is 5.40. The molecule has 3 aromatic rings. The number of amides is 1. The Labute approximate surface area is 159 Å². The van der Waals surface area contributed by atoms with Crippen LogP contribution in [-0.2, 0) is 9.53 Å². The van der Waals surface area contributed by atoms with E-state index < -0.39 is 18.0 Å². The number of anilines is 1. The van der Waals surface area contributed by atoms with Crippen LogP contribution in [0, 0.1) is 0 Å². The van der Waals surface area contributed by atoms with Crippen molar-refractivity contribution in [3.05, 3.63) is 58.4 Å². The fourth-order valence-corrected chi connectivity index (χ4v) is 2.73. The summed E-state index contributed by atoms with van der Waals surface area (Å²) in [5.74, 6) is -1.17. The number of oxazole rings is 1. The molecule has 1 N–H and O–H groups in total. The molecule has 0 saturated carbocycles. The van der Waals surface area contributed by atoms with E-state index in [0.29, 0.717) is 21.8 Å². The van der Waals surface area contributed by atoms with Gasteiger partial charge < -0.3 is 14.5 Å². The van der Waals surface area contributed by atoms with Gasteiger partial charge >= 0.3 is 5.97 Å². The van der Waals surface area contributed by atoms with Gasteiger partial charge in [-0.3, -0.25) is 4.79 Å². The largest absolute Gasteiger partial charge is 0.449 e. The number of ether oxygens (including phenoxy) is 1. The minimum absolute atomic E-state index is 0.219. The molecule has 0 fully saturated rings. The molecule has 0 aliphatic rings. The van der Waals surface area contributed by atoms with Crippen molar-refractivity contribution in [1.29, 1.82) is 0 Å². The molecule has 0 spiro atoms. The molecular weight excluding hydrogens is 379 g/mol. The zero-order chi connectivity index (χ0) is 18.7. The normalized spacial score (nSPS) is 12.0. The van der Waals surface area contributed by atoms with E-state index in [-0.39, 0.29) is 17.0 Å². The number of aromatic nitrogens is 1. The Morgan fingerprint density at radius 2 is 2.00 bits per heavy atom. The lowest BCUT2D eigenvalue weighted by atomic mass is 10.2. The highest BCUT2D eigenvalue weighted by Crippen LogP contribution is 2.29. The van der Waals surface area contributed by atoms with Crippen LogP contribution in [0.25, 0.3) is 11.1 Å². The van der Waals surface area contributed by atoms with E-state index in [9.17, 15) is 9.59 Å². The highest BCUT2D eigenvalue weighted by atomic mass is 35.5. The molecule has 0 aliphatic heterocycles. The first-order valence-corrected chi connectivity index (χ1v) is 8.55. The van der Waals surface area contributed by atoms with E-state index in [1.165, 1.54) is 6.39 Å². The summed E-state index contributed by atoms with van der Waals surface area (Å²) in [6, 6.07) is 9.76. The van der Waals surface area contributed by atoms with E-state index in [1.807, 2.05) is 0 Å². The van der Waals surface area contributed by atoms with Gasteiger partial charge in [0.15, 0.2) is 18.1 Å². The number of carbonyl (C=O) groups is 2. The minimum atomic E-state index is -1.00. The van der Waals surface area contributed by atoms with Crippen LogP contribution in [0.1, 0.15) is 23.7 Å². The number of nitrogens with zero attached hydrogens (tertiary/aromatic N) is 1. The molecule has 0 radical (unpaired) electrons. The van der Waals surface area contributed by atoms with E-state index in [2.05, 4.69) is 10.3 Å². The first-order valence-electron chi connectivity index (χ1n) is 7.79. The van der Waals surface area contributed by atoms with E-state index in [0.717, 1.165) is 0 Å². The Bertz CT molecular complexity index is 971. The molecule has 8 heteroatoms. The number of benzene rings is 2. The minimum Gasteiger partial charge on any atom is -0.449 e. The van der Waals surface area contributed by atoms with Gasteiger partial charge in [-0.15, -0.1) is 0 Å². The number of carbonyl (C=O) groups excluding carboxylic acids is 2. The SMILES string of the molecule is CCC(OC(=O)c1cccc2ocnc12)C(=O)Nc1cccc(Cl)c1Cl. The molecule has 6 nitrogen and oxygen atoms in total. The number of hydrogen-bond acceptors (Lipinski definition) is 5. The van der Waals surface area contributed by atoms with Crippen LogP contribution < -0.4 is 5.32 Å². The number of nitrogens with one attached hydrogen (secondary N) is 1. The summed E-state index contributed by atoms with van der Waals surface area (Å²) in [6.45, 7) is 1.73. The summed E-state index contributed by atoms with van der Waals surface area (Å²) >= 11 is 12.0. The van der Waals surface area contributed by atoms with Crippen molar-refractivity contribution in [2.75, 3.05) is 5.32 Å². The highest BCUT2D eigenvalue weighted by Gasteiger charge is 2.24. The fraction of sp³-hybridized carbons (Fsp3) is 0.167. The first-order chi connectivity index (χ1) is 12.5. The third-order valence-corrected chi connectivity index (χ3v) is 4.52. The van der Waals surface area contributed by atoms with Crippen molar-refractivity contribution < 1.29 is 18.7 Å².